The highest BCUT2D eigenvalue weighted by Gasteiger charge is 2.08. The second kappa shape index (κ2) is 8.60. The van der Waals surface area contributed by atoms with Crippen LogP contribution in [0.2, 0.25) is 0 Å². The fraction of sp³-hybridized carbons (Fsp3) is 0.278. The van der Waals surface area contributed by atoms with Gasteiger partial charge in [-0.1, -0.05) is 60.2 Å². The van der Waals surface area contributed by atoms with E-state index in [2.05, 4.69) is 24.4 Å². The molecule has 0 bridgehead atoms. The van der Waals surface area contributed by atoms with Gasteiger partial charge in [-0.2, -0.15) is 0 Å². The molecule has 0 radical (unpaired) electrons. The van der Waals surface area contributed by atoms with E-state index in [1.165, 1.54) is 11.1 Å². The van der Waals surface area contributed by atoms with E-state index in [0.29, 0.717) is 6.54 Å². The van der Waals surface area contributed by atoms with Gasteiger partial charge in [-0.15, -0.1) is 12.4 Å². The lowest BCUT2D eigenvalue weighted by molar-refractivity contribution is 0.0988. The lowest BCUT2D eigenvalue weighted by atomic mass is 10.1. The number of halogens is 1. The van der Waals surface area contributed by atoms with Gasteiger partial charge in [0.15, 0.2) is 5.78 Å². The minimum absolute atomic E-state index is 0. The van der Waals surface area contributed by atoms with Gasteiger partial charge >= 0.3 is 0 Å². The van der Waals surface area contributed by atoms with Crippen molar-refractivity contribution < 1.29 is 4.79 Å². The molecule has 0 fully saturated rings. The third-order valence-electron chi connectivity index (χ3n) is 3.37. The van der Waals surface area contributed by atoms with Crippen LogP contribution >= 0.6 is 12.4 Å². The molecule has 0 aliphatic heterocycles. The average molecular weight is 304 g/mol. The molecule has 0 saturated carbocycles. The summed E-state index contributed by atoms with van der Waals surface area (Å²) in [5.74, 6) is 0.143. The fourth-order valence-electron chi connectivity index (χ4n) is 2.15. The van der Waals surface area contributed by atoms with Crippen LogP contribution in [0.4, 0.5) is 0 Å². The van der Waals surface area contributed by atoms with Crippen LogP contribution in [0.25, 0.3) is 0 Å². The molecule has 1 unspecified atom stereocenters. The normalized spacial score (nSPS) is 11.5. The molecule has 1 atom stereocenters. The summed E-state index contributed by atoms with van der Waals surface area (Å²) in [4.78, 5) is 12.1. The second-order valence-electron chi connectivity index (χ2n) is 5.26. The number of hydrogen-bond acceptors (Lipinski definition) is 2. The number of carbonyl (C=O) groups is 1. The molecule has 112 valence electrons. The van der Waals surface area contributed by atoms with Crippen LogP contribution in [0, 0.1) is 6.92 Å². The Labute approximate surface area is 133 Å². The Morgan fingerprint density at radius 2 is 1.67 bits per heavy atom. The zero-order valence-electron chi connectivity index (χ0n) is 12.5. The predicted molar refractivity (Wildman–Crippen MR) is 90.4 cm³/mol. The summed E-state index contributed by atoms with van der Waals surface area (Å²) in [5.41, 5.74) is 3.23. The number of benzene rings is 2. The molecule has 0 aromatic heterocycles. The molecule has 21 heavy (non-hydrogen) atoms. The molecule has 0 saturated heterocycles. The lowest BCUT2D eigenvalue weighted by Crippen LogP contribution is -2.33. The van der Waals surface area contributed by atoms with Gasteiger partial charge < -0.3 is 5.32 Å². The molecule has 1 N–H and O–H groups in total. The summed E-state index contributed by atoms with van der Waals surface area (Å²) in [6, 6.07) is 18.3. The van der Waals surface area contributed by atoms with Crippen molar-refractivity contribution in [2.24, 2.45) is 0 Å². The predicted octanol–water partition coefficient (Wildman–Crippen LogP) is 3.82. The van der Waals surface area contributed by atoms with Gasteiger partial charge in [-0.25, -0.2) is 0 Å². The summed E-state index contributed by atoms with van der Waals surface area (Å²) in [6.07, 6.45) is 0.933. The van der Waals surface area contributed by atoms with Gasteiger partial charge in [0.25, 0.3) is 0 Å². The fourth-order valence-corrected chi connectivity index (χ4v) is 2.15. The van der Waals surface area contributed by atoms with Crippen molar-refractivity contribution in [3.8, 4) is 0 Å². The second-order valence-corrected chi connectivity index (χ2v) is 5.26. The third kappa shape index (κ3) is 5.70. The van der Waals surface area contributed by atoms with Crippen molar-refractivity contribution in [3.63, 3.8) is 0 Å². The lowest BCUT2D eigenvalue weighted by Gasteiger charge is -2.13. The van der Waals surface area contributed by atoms with Crippen LogP contribution in [-0.4, -0.2) is 18.4 Å². The molecule has 2 nitrogen and oxygen atoms in total. The minimum Gasteiger partial charge on any atom is -0.307 e. The molecule has 3 heteroatoms. The summed E-state index contributed by atoms with van der Waals surface area (Å²) < 4.78 is 0. The monoisotopic (exact) mass is 303 g/mol. The molecule has 0 aliphatic carbocycles. The van der Waals surface area contributed by atoms with Gasteiger partial charge in [-0.05, 0) is 25.8 Å². The zero-order valence-corrected chi connectivity index (χ0v) is 13.3. The number of nitrogens with one attached hydrogen (secondary N) is 1. The Hall–Kier alpha value is -1.64. The standard InChI is InChI=1S/C18H21NO.ClH/c1-14-8-10-17(11-9-14)18(20)13-19-15(2)12-16-6-4-3-5-7-16;/h3-11,15,19H,12-13H2,1-2H3;1H. The number of carbonyl (C=O) groups excluding carboxylic acids is 1. The first kappa shape index (κ1) is 17.4. The Balaban J connectivity index is 0.00000220. The van der Waals surface area contributed by atoms with E-state index in [0.717, 1.165) is 12.0 Å². The van der Waals surface area contributed by atoms with Gasteiger partial charge in [0.1, 0.15) is 0 Å². The van der Waals surface area contributed by atoms with Crippen LogP contribution in [0.15, 0.2) is 54.6 Å². The quantitative estimate of drug-likeness (QED) is 0.822. The summed E-state index contributed by atoms with van der Waals surface area (Å²) in [6.45, 7) is 4.51. The Morgan fingerprint density at radius 1 is 1.05 bits per heavy atom. The van der Waals surface area contributed by atoms with Gasteiger partial charge in [0, 0.05) is 11.6 Å². The van der Waals surface area contributed by atoms with Gasteiger partial charge in [0.05, 0.1) is 6.54 Å². The first-order valence-electron chi connectivity index (χ1n) is 7.02. The van der Waals surface area contributed by atoms with E-state index >= 15 is 0 Å². The summed E-state index contributed by atoms with van der Waals surface area (Å²) >= 11 is 0. The van der Waals surface area contributed by atoms with Crippen LogP contribution in [0.3, 0.4) is 0 Å². The van der Waals surface area contributed by atoms with Crippen LogP contribution in [0.1, 0.15) is 28.4 Å². The van der Waals surface area contributed by atoms with E-state index in [1.807, 2.05) is 49.4 Å². The zero-order chi connectivity index (χ0) is 14.4. The largest absolute Gasteiger partial charge is 0.307 e. The van der Waals surface area contributed by atoms with Crippen molar-refractivity contribution in [1.82, 2.24) is 5.32 Å². The maximum Gasteiger partial charge on any atom is 0.176 e. The third-order valence-corrected chi connectivity index (χ3v) is 3.37. The Kier molecular flexibility index (Phi) is 7.13. The van der Waals surface area contributed by atoms with Crippen LogP contribution in [0.5, 0.6) is 0 Å². The van der Waals surface area contributed by atoms with E-state index in [9.17, 15) is 4.79 Å². The Bertz CT molecular complexity index is 551. The summed E-state index contributed by atoms with van der Waals surface area (Å²) in [7, 11) is 0. The van der Waals surface area contributed by atoms with Gasteiger partial charge in [-0.3, -0.25) is 4.79 Å². The molecule has 2 aromatic carbocycles. The SMILES string of the molecule is Cc1ccc(C(=O)CNC(C)Cc2ccccc2)cc1.Cl. The number of Topliss-reactive ketones (excluding diaryl/α,β-unsaturated/α-hetero) is 1. The number of aryl methyl sites for hydroxylation is 1. The van der Waals surface area contributed by atoms with Gasteiger partial charge in [0.2, 0.25) is 0 Å². The topological polar surface area (TPSA) is 29.1 Å². The molecule has 0 aliphatic rings. The highest BCUT2D eigenvalue weighted by Crippen LogP contribution is 2.05. The summed E-state index contributed by atoms with van der Waals surface area (Å²) in [5, 5.41) is 3.29. The molecule has 0 amide bonds. The van der Waals surface area contributed by atoms with E-state index in [-0.39, 0.29) is 24.2 Å². The highest BCUT2D eigenvalue weighted by molar-refractivity contribution is 5.97. The minimum atomic E-state index is 0. The number of hydrogen-bond donors (Lipinski definition) is 1. The van der Waals surface area contributed by atoms with Crippen molar-refractivity contribution in [2.45, 2.75) is 26.3 Å². The highest BCUT2D eigenvalue weighted by atomic mass is 35.5. The smallest absolute Gasteiger partial charge is 0.176 e. The van der Waals surface area contributed by atoms with E-state index < -0.39 is 0 Å². The van der Waals surface area contributed by atoms with E-state index in [1.54, 1.807) is 0 Å². The maximum absolute atomic E-state index is 12.1. The molecule has 2 rings (SSSR count). The van der Waals surface area contributed by atoms with Crippen molar-refractivity contribution in [1.29, 1.82) is 0 Å². The van der Waals surface area contributed by atoms with Crippen LogP contribution in [-0.2, 0) is 6.42 Å². The number of rotatable bonds is 6. The Morgan fingerprint density at radius 3 is 2.29 bits per heavy atom. The average Bonchev–Trinajstić information content (AvgIpc) is 2.46. The van der Waals surface area contributed by atoms with Crippen LogP contribution < -0.4 is 5.32 Å². The molecule has 0 spiro atoms. The number of ketones is 1. The van der Waals surface area contributed by atoms with Crippen molar-refractivity contribution >= 4 is 18.2 Å². The van der Waals surface area contributed by atoms with Crippen molar-refractivity contribution in [3.05, 3.63) is 71.3 Å². The first-order chi connectivity index (χ1) is 9.65. The molecular weight excluding hydrogens is 282 g/mol. The van der Waals surface area contributed by atoms with Crippen molar-refractivity contribution in [2.75, 3.05) is 6.54 Å². The maximum atomic E-state index is 12.1. The van der Waals surface area contributed by atoms with E-state index in [4.69, 9.17) is 0 Å². The molecular formula is C18H22ClNO. The molecule has 0 heterocycles. The first-order valence-corrected chi connectivity index (χ1v) is 7.02. The molecule has 2 aromatic rings.